The van der Waals surface area contributed by atoms with E-state index in [1.807, 2.05) is 41.3 Å². The Hall–Kier alpha value is -2.60. The fraction of sp³-hybridized carbons (Fsp3) is 0.458. The number of hydrogen-bond acceptors (Lipinski definition) is 3. The number of benzene rings is 2. The second-order valence-electron chi connectivity index (χ2n) is 9.21. The first-order valence-corrected chi connectivity index (χ1v) is 10.7. The first-order chi connectivity index (χ1) is 14.3. The molecule has 0 aliphatic carbocycles. The lowest BCUT2D eigenvalue weighted by Gasteiger charge is -2.38. The Balaban J connectivity index is 1.47. The SMILES string of the molecule is CC(C)(C)N1CCC(NC(=O)N2CCN(Cc3ccccc3F)c3ccccc32)C1. The quantitative estimate of drug-likeness (QED) is 0.823. The second-order valence-corrected chi connectivity index (χ2v) is 9.21. The summed E-state index contributed by atoms with van der Waals surface area (Å²) in [7, 11) is 0. The topological polar surface area (TPSA) is 38.8 Å². The molecule has 6 heteroatoms. The minimum Gasteiger partial charge on any atom is -0.364 e. The van der Waals surface area contributed by atoms with Crippen molar-refractivity contribution < 1.29 is 9.18 Å². The standard InChI is InChI=1S/C24H31FN4O/c1-24(2,3)28-13-12-19(17-28)26-23(30)29-15-14-27(21-10-6-7-11-22(21)29)16-18-8-4-5-9-20(18)25/h4-11,19H,12-17H2,1-3H3,(H,26,30). The van der Waals surface area contributed by atoms with Gasteiger partial charge in [-0.25, -0.2) is 9.18 Å². The molecule has 2 aliphatic heterocycles. The molecule has 2 aromatic rings. The number of hydrogen-bond donors (Lipinski definition) is 1. The lowest BCUT2D eigenvalue weighted by atomic mass is 10.1. The Morgan fingerprint density at radius 1 is 1.03 bits per heavy atom. The van der Waals surface area contributed by atoms with E-state index in [9.17, 15) is 9.18 Å². The predicted molar refractivity (Wildman–Crippen MR) is 120 cm³/mol. The average Bonchev–Trinajstić information content (AvgIpc) is 3.19. The maximum Gasteiger partial charge on any atom is 0.322 e. The number of nitrogens with one attached hydrogen (secondary N) is 1. The summed E-state index contributed by atoms with van der Waals surface area (Å²) in [5.74, 6) is -0.195. The van der Waals surface area contributed by atoms with Gasteiger partial charge < -0.3 is 10.2 Å². The van der Waals surface area contributed by atoms with E-state index in [-0.39, 0.29) is 23.4 Å². The molecule has 0 radical (unpaired) electrons. The average molecular weight is 411 g/mol. The Bertz CT molecular complexity index is 910. The van der Waals surface area contributed by atoms with Crippen LogP contribution in [-0.4, -0.2) is 48.7 Å². The zero-order chi connectivity index (χ0) is 21.3. The summed E-state index contributed by atoms with van der Waals surface area (Å²) in [4.78, 5) is 19.5. The van der Waals surface area contributed by atoms with Gasteiger partial charge in [0.05, 0.1) is 11.4 Å². The summed E-state index contributed by atoms with van der Waals surface area (Å²) in [6.45, 7) is 10.2. The van der Waals surface area contributed by atoms with Crippen LogP contribution < -0.4 is 15.1 Å². The maximum atomic E-state index is 14.2. The number of amides is 2. The highest BCUT2D eigenvalue weighted by atomic mass is 19.1. The Morgan fingerprint density at radius 2 is 1.73 bits per heavy atom. The third-order valence-corrected chi connectivity index (χ3v) is 6.14. The van der Waals surface area contributed by atoms with Crippen LogP contribution in [0.5, 0.6) is 0 Å². The molecule has 30 heavy (non-hydrogen) atoms. The molecule has 1 unspecified atom stereocenters. The normalized spacial score (nSPS) is 19.7. The maximum absolute atomic E-state index is 14.2. The number of para-hydroxylation sites is 2. The highest BCUT2D eigenvalue weighted by molar-refractivity contribution is 5.97. The van der Waals surface area contributed by atoms with E-state index in [1.54, 1.807) is 6.07 Å². The first kappa shape index (κ1) is 20.7. The highest BCUT2D eigenvalue weighted by Gasteiger charge is 2.33. The summed E-state index contributed by atoms with van der Waals surface area (Å²) in [5.41, 5.74) is 2.62. The third-order valence-electron chi connectivity index (χ3n) is 6.14. The van der Waals surface area contributed by atoms with Crippen molar-refractivity contribution in [3.05, 3.63) is 59.9 Å². The molecule has 4 rings (SSSR count). The minimum absolute atomic E-state index is 0.0475. The molecule has 1 N–H and O–H groups in total. The van der Waals surface area contributed by atoms with Gasteiger partial charge in [-0.2, -0.15) is 0 Å². The van der Waals surface area contributed by atoms with Gasteiger partial charge >= 0.3 is 6.03 Å². The van der Waals surface area contributed by atoms with E-state index in [1.165, 1.54) is 6.07 Å². The molecule has 0 bridgehead atoms. The number of halogens is 1. The molecule has 0 aromatic heterocycles. The van der Waals surface area contributed by atoms with Gasteiger partial charge in [-0.05, 0) is 45.4 Å². The Morgan fingerprint density at radius 3 is 2.43 bits per heavy atom. The molecule has 5 nitrogen and oxygen atoms in total. The van der Waals surface area contributed by atoms with Gasteiger partial charge in [0.15, 0.2) is 0 Å². The molecule has 2 aromatic carbocycles. The zero-order valence-corrected chi connectivity index (χ0v) is 18.1. The van der Waals surface area contributed by atoms with Crippen molar-refractivity contribution in [1.82, 2.24) is 10.2 Å². The summed E-state index contributed by atoms with van der Waals surface area (Å²) in [6.07, 6.45) is 0.970. The molecule has 0 saturated carbocycles. The first-order valence-electron chi connectivity index (χ1n) is 10.7. The Labute approximate surface area is 178 Å². The van der Waals surface area contributed by atoms with Gasteiger partial charge in [0.1, 0.15) is 5.82 Å². The van der Waals surface area contributed by atoms with Gasteiger partial charge in [0, 0.05) is 49.9 Å². The van der Waals surface area contributed by atoms with Crippen LogP contribution in [0.25, 0.3) is 0 Å². The van der Waals surface area contributed by atoms with Gasteiger partial charge in [0.2, 0.25) is 0 Å². The van der Waals surface area contributed by atoms with Crippen LogP contribution in [0.15, 0.2) is 48.5 Å². The number of fused-ring (bicyclic) bond motifs is 1. The molecule has 1 fully saturated rings. The van der Waals surface area contributed by atoms with Crippen LogP contribution in [0.4, 0.5) is 20.6 Å². The lowest BCUT2D eigenvalue weighted by molar-refractivity contribution is 0.170. The fourth-order valence-electron chi connectivity index (χ4n) is 4.37. The number of urea groups is 1. The number of nitrogens with zero attached hydrogens (tertiary/aromatic N) is 3. The Kier molecular flexibility index (Phi) is 5.69. The third kappa shape index (κ3) is 4.29. The van der Waals surface area contributed by atoms with E-state index in [0.717, 1.165) is 30.9 Å². The number of likely N-dealkylation sites (tertiary alicyclic amines) is 1. The van der Waals surface area contributed by atoms with Crippen molar-refractivity contribution in [2.45, 2.75) is 45.3 Å². The number of anilines is 2. The molecule has 2 amide bonds. The predicted octanol–water partition coefficient (Wildman–Crippen LogP) is 4.23. The lowest BCUT2D eigenvalue weighted by Crippen LogP contribution is -2.51. The van der Waals surface area contributed by atoms with Crippen LogP contribution in [0, 0.1) is 5.82 Å². The van der Waals surface area contributed by atoms with Crippen LogP contribution >= 0.6 is 0 Å². The molecule has 1 saturated heterocycles. The van der Waals surface area contributed by atoms with Crippen molar-refractivity contribution in [3.63, 3.8) is 0 Å². The van der Waals surface area contributed by atoms with Gasteiger partial charge in [0.25, 0.3) is 0 Å². The van der Waals surface area contributed by atoms with Crippen LogP contribution in [-0.2, 0) is 6.54 Å². The van der Waals surface area contributed by atoms with E-state index in [0.29, 0.717) is 25.2 Å². The fourth-order valence-corrected chi connectivity index (χ4v) is 4.37. The highest BCUT2D eigenvalue weighted by Crippen LogP contribution is 2.34. The van der Waals surface area contributed by atoms with E-state index in [4.69, 9.17) is 0 Å². The number of carbonyl (C=O) groups is 1. The minimum atomic E-state index is -0.195. The number of rotatable bonds is 3. The van der Waals surface area contributed by atoms with Crippen LogP contribution in [0.3, 0.4) is 0 Å². The van der Waals surface area contributed by atoms with Crippen LogP contribution in [0.1, 0.15) is 32.8 Å². The summed E-state index contributed by atoms with van der Waals surface area (Å²) >= 11 is 0. The monoisotopic (exact) mass is 410 g/mol. The zero-order valence-electron chi connectivity index (χ0n) is 18.1. The molecule has 2 heterocycles. The molecular weight excluding hydrogens is 379 g/mol. The van der Waals surface area contributed by atoms with Crippen molar-refractivity contribution in [2.24, 2.45) is 0 Å². The van der Waals surface area contributed by atoms with Crippen molar-refractivity contribution in [2.75, 3.05) is 36.0 Å². The van der Waals surface area contributed by atoms with E-state index < -0.39 is 0 Å². The summed E-state index contributed by atoms with van der Waals surface area (Å²) in [5, 5.41) is 3.23. The van der Waals surface area contributed by atoms with Crippen molar-refractivity contribution >= 4 is 17.4 Å². The number of carbonyl (C=O) groups excluding carboxylic acids is 1. The smallest absolute Gasteiger partial charge is 0.322 e. The second kappa shape index (κ2) is 8.26. The molecule has 1 atom stereocenters. The van der Waals surface area contributed by atoms with Crippen molar-refractivity contribution in [1.29, 1.82) is 0 Å². The van der Waals surface area contributed by atoms with E-state index in [2.05, 4.69) is 35.9 Å². The van der Waals surface area contributed by atoms with Gasteiger partial charge in [-0.3, -0.25) is 9.80 Å². The van der Waals surface area contributed by atoms with Crippen LogP contribution in [0.2, 0.25) is 0 Å². The van der Waals surface area contributed by atoms with Gasteiger partial charge in [-0.15, -0.1) is 0 Å². The summed E-state index contributed by atoms with van der Waals surface area (Å²) < 4.78 is 14.2. The van der Waals surface area contributed by atoms with Gasteiger partial charge in [-0.1, -0.05) is 30.3 Å². The molecule has 160 valence electrons. The molecule has 2 aliphatic rings. The molecular formula is C24H31FN4O. The van der Waals surface area contributed by atoms with Crippen molar-refractivity contribution in [3.8, 4) is 0 Å². The molecule has 0 spiro atoms. The summed E-state index contributed by atoms with van der Waals surface area (Å²) in [6, 6.07) is 14.9. The van der Waals surface area contributed by atoms with E-state index >= 15 is 0 Å². The largest absolute Gasteiger partial charge is 0.364 e.